The number of anilines is 1. The first kappa shape index (κ1) is 29.7. The molecule has 2 aromatic heterocycles. The van der Waals surface area contributed by atoms with E-state index in [1.807, 2.05) is 16.7 Å². The minimum absolute atomic E-state index is 0. The van der Waals surface area contributed by atoms with Gasteiger partial charge < -0.3 is 9.64 Å². The normalized spacial score (nSPS) is 16.1. The first-order valence-corrected chi connectivity index (χ1v) is 12.3. The molecule has 11 heteroatoms. The van der Waals surface area contributed by atoms with Crippen molar-refractivity contribution in [3.63, 3.8) is 0 Å². The number of piperazine rings is 1. The summed E-state index contributed by atoms with van der Waals surface area (Å²) in [6.07, 6.45) is 2.77. The second-order valence-electron chi connectivity index (χ2n) is 8.55. The van der Waals surface area contributed by atoms with E-state index in [4.69, 9.17) is 4.74 Å². The second-order valence-corrected chi connectivity index (χ2v) is 9.63. The van der Waals surface area contributed by atoms with E-state index in [0.29, 0.717) is 6.54 Å². The van der Waals surface area contributed by atoms with Gasteiger partial charge in [-0.25, -0.2) is 4.98 Å². The topological polar surface area (TPSA) is 53.8 Å². The highest BCUT2D eigenvalue weighted by molar-refractivity contribution is 7.18. The Hall–Kier alpha value is -1.55. The van der Waals surface area contributed by atoms with E-state index in [9.17, 15) is 4.79 Å². The van der Waals surface area contributed by atoms with Crippen molar-refractivity contribution in [2.24, 2.45) is 0 Å². The number of methoxy groups -OCH3 is 1. The molecule has 0 radical (unpaired) electrons. The summed E-state index contributed by atoms with van der Waals surface area (Å²) in [5.41, 5.74) is 2.50. The van der Waals surface area contributed by atoms with Gasteiger partial charge in [0.25, 0.3) is 5.56 Å². The highest BCUT2D eigenvalue weighted by Gasteiger charge is 2.24. The molecule has 0 atom stereocenters. The Balaban J connectivity index is 0.00000144. The molecule has 1 aromatic carbocycles. The van der Waals surface area contributed by atoms with Crippen molar-refractivity contribution < 1.29 is 4.74 Å². The molecule has 2 aliphatic rings. The Morgan fingerprint density at radius 1 is 1.00 bits per heavy atom. The van der Waals surface area contributed by atoms with Crippen LogP contribution in [0.2, 0.25) is 0 Å². The Bertz CT molecular complexity index is 1160. The highest BCUT2D eigenvalue weighted by atomic mass is 35.5. The lowest BCUT2D eigenvalue weighted by molar-refractivity contribution is 0.246. The molecule has 194 valence electrons. The van der Waals surface area contributed by atoms with Crippen LogP contribution in [0, 0.1) is 0 Å². The van der Waals surface area contributed by atoms with Gasteiger partial charge >= 0.3 is 0 Å². The number of aromatic nitrogens is 2. The molecule has 2 aliphatic heterocycles. The fourth-order valence-corrected chi connectivity index (χ4v) is 5.97. The van der Waals surface area contributed by atoms with Gasteiger partial charge in [-0.15, -0.1) is 48.6 Å². The number of benzene rings is 1. The molecule has 1 saturated heterocycles. The summed E-state index contributed by atoms with van der Waals surface area (Å²) in [6.45, 7) is 10.6. The number of thiophene rings is 1. The van der Waals surface area contributed by atoms with Gasteiger partial charge in [0.2, 0.25) is 0 Å². The number of fused-ring (bicyclic) bond motifs is 3. The molecule has 0 amide bonds. The molecule has 0 unspecified atom stereocenters. The summed E-state index contributed by atoms with van der Waals surface area (Å²) in [5.74, 6) is 0.924. The maximum Gasteiger partial charge on any atom is 0.262 e. The Kier molecular flexibility index (Phi) is 11.1. The number of ether oxygens (including phenoxy) is 1. The van der Waals surface area contributed by atoms with E-state index in [1.54, 1.807) is 24.8 Å². The molecular formula is C24H34Cl3N5O2S. The van der Waals surface area contributed by atoms with E-state index in [1.165, 1.54) is 10.4 Å². The van der Waals surface area contributed by atoms with E-state index in [0.717, 1.165) is 80.4 Å². The van der Waals surface area contributed by atoms with E-state index < -0.39 is 0 Å². The minimum Gasteiger partial charge on any atom is -0.495 e. The quantitative estimate of drug-likeness (QED) is 0.454. The zero-order valence-corrected chi connectivity index (χ0v) is 23.4. The second kappa shape index (κ2) is 13.1. The number of hydrogen-bond acceptors (Lipinski definition) is 7. The van der Waals surface area contributed by atoms with Crippen LogP contribution in [-0.4, -0.2) is 72.3 Å². The Morgan fingerprint density at radius 2 is 1.74 bits per heavy atom. The molecule has 0 saturated carbocycles. The molecule has 0 bridgehead atoms. The van der Waals surface area contributed by atoms with Crippen LogP contribution in [0.5, 0.6) is 5.75 Å². The van der Waals surface area contributed by atoms with Gasteiger partial charge in [-0.2, -0.15) is 0 Å². The molecule has 1 fully saturated rings. The van der Waals surface area contributed by atoms with Gasteiger partial charge in [0.15, 0.2) is 0 Å². The number of para-hydroxylation sites is 2. The van der Waals surface area contributed by atoms with Crippen molar-refractivity contribution in [2.45, 2.75) is 26.4 Å². The third kappa shape index (κ3) is 6.06. The van der Waals surface area contributed by atoms with Gasteiger partial charge in [-0.3, -0.25) is 19.2 Å². The average molecular weight is 563 g/mol. The number of hydrogen-bond donors (Lipinski definition) is 0. The zero-order chi connectivity index (χ0) is 22.1. The summed E-state index contributed by atoms with van der Waals surface area (Å²) in [7, 11) is 1.72. The van der Waals surface area contributed by atoms with Gasteiger partial charge in [-0.1, -0.05) is 19.1 Å². The van der Waals surface area contributed by atoms with E-state index >= 15 is 0 Å². The molecular weight excluding hydrogens is 529 g/mol. The predicted molar refractivity (Wildman–Crippen MR) is 152 cm³/mol. The Labute approximate surface area is 229 Å². The summed E-state index contributed by atoms with van der Waals surface area (Å²) < 4.78 is 7.34. The van der Waals surface area contributed by atoms with Gasteiger partial charge in [0, 0.05) is 57.2 Å². The van der Waals surface area contributed by atoms with Crippen molar-refractivity contribution >= 4 is 64.5 Å². The fourth-order valence-electron chi connectivity index (χ4n) is 4.84. The van der Waals surface area contributed by atoms with Crippen LogP contribution >= 0.6 is 48.6 Å². The van der Waals surface area contributed by atoms with Gasteiger partial charge in [-0.05, 0) is 30.7 Å². The molecule has 4 heterocycles. The monoisotopic (exact) mass is 561 g/mol. The largest absolute Gasteiger partial charge is 0.495 e. The van der Waals surface area contributed by atoms with Crippen LogP contribution in [0.15, 0.2) is 35.4 Å². The number of likely N-dealkylation sites (N-methyl/N-ethyl adjacent to an activating group) is 1. The zero-order valence-electron chi connectivity index (χ0n) is 20.1. The summed E-state index contributed by atoms with van der Waals surface area (Å²) >= 11 is 1.71. The molecule has 0 aliphatic carbocycles. The average Bonchev–Trinajstić information content (AvgIpc) is 3.22. The Morgan fingerprint density at radius 3 is 2.46 bits per heavy atom. The van der Waals surface area contributed by atoms with E-state index in [-0.39, 0.29) is 42.8 Å². The number of nitrogens with zero attached hydrogens (tertiary/aromatic N) is 5. The smallest absolute Gasteiger partial charge is 0.262 e. The van der Waals surface area contributed by atoms with Crippen molar-refractivity contribution in [1.82, 2.24) is 19.4 Å². The summed E-state index contributed by atoms with van der Waals surface area (Å²) in [5, 5.41) is 0.853. The van der Waals surface area contributed by atoms with Crippen LogP contribution in [0.3, 0.4) is 0 Å². The SMILES string of the molecule is CCN1CCc2sc3ncn(CCN4CCN(c5ccccc5OC)CC4)c(=O)c3c2C1.Cl.Cl.Cl. The fraction of sp³-hybridized carbons (Fsp3) is 0.500. The molecule has 3 aromatic rings. The lowest BCUT2D eigenvalue weighted by Crippen LogP contribution is -2.47. The number of rotatable bonds is 6. The van der Waals surface area contributed by atoms with Crippen LogP contribution in [0.25, 0.3) is 10.2 Å². The summed E-state index contributed by atoms with van der Waals surface area (Å²) in [4.78, 5) is 27.4. The third-order valence-electron chi connectivity index (χ3n) is 6.80. The highest BCUT2D eigenvalue weighted by Crippen LogP contribution is 2.32. The molecule has 7 nitrogen and oxygen atoms in total. The van der Waals surface area contributed by atoms with Crippen LogP contribution in [-0.2, 0) is 19.5 Å². The predicted octanol–water partition coefficient (Wildman–Crippen LogP) is 3.93. The number of halogens is 3. The van der Waals surface area contributed by atoms with Crippen LogP contribution in [0.4, 0.5) is 5.69 Å². The summed E-state index contributed by atoms with van der Waals surface area (Å²) in [6, 6.07) is 8.20. The molecule has 35 heavy (non-hydrogen) atoms. The van der Waals surface area contributed by atoms with Crippen LogP contribution in [0.1, 0.15) is 17.4 Å². The third-order valence-corrected chi connectivity index (χ3v) is 8.00. The minimum atomic E-state index is 0. The van der Waals surface area contributed by atoms with Crippen molar-refractivity contribution in [3.05, 3.63) is 51.4 Å². The lowest BCUT2D eigenvalue weighted by Gasteiger charge is -2.36. The molecule has 0 spiro atoms. The maximum atomic E-state index is 13.3. The van der Waals surface area contributed by atoms with Crippen molar-refractivity contribution in [3.8, 4) is 5.75 Å². The van der Waals surface area contributed by atoms with Gasteiger partial charge in [0.1, 0.15) is 10.6 Å². The first-order valence-electron chi connectivity index (χ1n) is 11.5. The maximum absolute atomic E-state index is 13.3. The van der Waals surface area contributed by atoms with Crippen molar-refractivity contribution in [1.29, 1.82) is 0 Å². The molecule has 5 rings (SSSR count). The standard InChI is InChI=1S/C24H31N5O2S.3ClH/c1-3-26-9-8-21-18(16-26)22-23(32-21)25-17-29(24(22)30)15-12-27-10-13-28(14-11-27)19-6-4-5-7-20(19)31-2;;;/h4-7,17H,3,8-16H2,1-2H3;3*1H. The van der Waals surface area contributed by atoms with Crippen molar-refractivity contribution in [2.75, 3.05) is 57.8 Å². The first-order chi connectivity index (χ1) is 15.7. The lowest BCUT2D eigenvalue weighted by atomic mass is 10.1. The van der Waals surface area contributed by atoms with Crippen LogP contribution < -0.4 is 15.2 Å². The molecule has 0 N–H and O–H groups in total. The van der Waals surface area contributed by atoms with E-state index in [2.05, 4.69) is 38.7 Å². The van der Waals surface area contributed by atoms with Gasteiger partial charge in [0.05, 0.1) is 24.5 Å².